The van der Waals surface area contributed by atoms with Crippen LogP contribution in [0.2, 0.25) is 0 Å². The summed E-state index contributed by atoms with van der Waals surface area (Å²) in [5.74, 6) is 0.924. The molecule has 0 unspecified atom stereocenters. The minimum Gasteiger partial charge on any atom is -0.370 e. The smallest absolute Gasteiger partial charge is 0.133 e. The van der Waals surface area contributed by atoms with E-state index >= 15 is 0 Å². The number of azo groups is 1. The third-order valence-electron chi connectivity index (χ3n) is 2.57. The Morgan fingerprint density at radius 1 is 1.28 bits per heavy atom. The summed E-state index contributed by atoms with van der Waals surface area (Å²) in [6.45, 7) is 12.7. The molecule has 0 radical (unpaired) electrons. The molecule has 1 rings (SSSR count). The van der Waals surface area contributed by atoms with Crippen molar-refractivity contribution in [2.24, 2.45) is 20.2 Å². The van der Waals surface area contributed by atoms with Gasteiger partial charge in [0.1, 0.15) is 16.9 Å². The first kappa shape index (κ1) is 14.8. The van der Waals surface area contributed by atoms with Crippen molar-refractivity contribution in [2.75, 3.05) is 19.6 Å². The maximum Gasteiger partial charge on any atom is 0.133 e. The molecule has 1 aliphatic rings. The number of aliphatic imine (C=N–C) groups is 2. The zero-order chi connectivity index (χ0) is 13.6. The first-order valence-corrected chi connectivity index (χ1v) is 6.61. The van der Waals surface area contributed by atoms with E-state index in [0.717, 1.165) is 31.9 Å². The quantitative estimate of drug-likeness (QED) is 0.572. The molecule has 0 amide bonds. The summed E-state index contributed by atoms with van der Waals surface area (Å²) in [7, 11) is 0. The normalized spacial score (nSPS) is 17.5. The first-order valence-electron chi connectivity index (χ1n) is 6.61. The van der Waals surface area contributed by atoms with Crippen LogP contribution in [0.5, 0.6) is 0 Å². The van der Waals surface area contributed by atoms with E-state index in [-0.39, 0.29) is 11.1 Å². The predicted octanol–water partition coefficient (Wildman–Crippen LogP) is 2.48. The number of amidine groups is 1. The van der Waals surface area contributed by atoms with Gasteiger partial charge in [0.15, 0.2) is 0 Å². The second-order valence-corrected chi connectivity index (χ2v) is 5.61. The molecule has 1 aliphatic heterocycles. The van der Waals surface area contributed by atoms with Crippen molar-refractivity contribution >= 4 is 12.1 Å². The Balaban J connectivity index is 2.66. The highest BCUT2D eigenvalue weighted by atomic mass is 15.2. The molecule has 0 aromatic heterocycles. The Kier molecular flexibility index (Phi) is 4.99. The van der Waals surface area contributed by atoms with Crippen molar-refractivity contribution in [1.82, 2.24) is 5.32 Å². The van der Waals surface area contributed by atoms with Gasteiger partial charge >= 0.3 is 0 Å². The Morgan fingerprint density at radius 3 is 2.56 bits per heavy atom. The van der Waals surface area contributed by atoms with Crippen LogP contribution < -0.4 is 5.32 Å². The lowest BCUT2D eigenvalue weighted by atomic mass is 10.1. The monoisotopic (exact) mass is 251 g/mol. The Morgan fingerprint density at radius 2 is 2.00 bits per heavy atom. The van der Waals surface area contributed by atoms with Crippen LogP contribution in [-0.4, -0.2) is 42.8 Å². The molecule has 0 aliphatic carbocycles. The van der Waals surface area contributed by atoms with E-state index in [0.29, 0.717) is 0 Å². The predicted molar refractivity (Wildman–Crippen MR) is 77.0 cm³/mol. The van der Waals surface area contributed by atoms with Crippen LogP contribution in [0.15, 0.2) is 20.2 Å². The molecule has 5 nitrogen and oxygen atoms in total. The molecule has 0 aromatic rings. The SMILES string of the molecule is CCCN=CC(C)(C)N=NC(C)(C)C1=NCCN1. The van der Waals surface area contributed by atoms with E-state index in [4.69, 9.17) is 0 Å². The van der Waals surface area contributed by atoms with Gasteiger partial charge in [-0.1, -0.05) is 6.92 Å². The summed E-state index contributed by atoms with van der Waals surface area (Å²) >= 11 is 0. The summed E-state index contributed by atoms with van der Waals surface area (Å²) in [4.78, 5) is 8.74. The molecular weight excluding hydrogens is 226 g/mol. The van der Waals surface area contributed by atoms with Crippen molar-refractivity contribution in [3.05, 3.63) is 0 Å². The molecule has 0 bridgehead atoms. The van der Waals surface area contributed by atoms with E-state index in [1.807, 2.05) is 33.9 Å². The maximum atomic E-state index is 4.43. The van der Waals surface area contributed by atoms with Crippen LogP contribution in [-0.2, 0) is 0 Å². The molecule has 102 valence electrons. The van der Waals surface area contributed by atoms with Gasteiger partial charge in [-0.3, -0.25) is 9.98 Å². The van der Waals surface area contributed by atoms with Gasteiger partial charge in [-0.15, -0.1) is 0 Å². The fraction of sp³-hybridized carbons (Fsp3) is 0.846. The molecule has 0 saturated carbocycles. The highest BCUT2D eigenvalue weighted by molar-refractivity contribution is 5.92. The van der Waals surface area contributed by atoms with Crippen LogP contribution in [0.3, 0.4) is 0 Å². The van der Waals surface area contributed by atoms with Crippen molar-refractivity contribution in [3.63, 3.8) is 0 Å². The lowest BCUT2D eigenvalue weighted by Gasteiger charge is -2.21. The zero-order valence-electron chi connectivity index (χ0n) is 12.2. The number of nitrogens with one attached hydrogen (secondary N) is 1. The average Bonchev–Trinajstić information content (AvgIpc) is 2.81. The van der Waals surface area contributed by atoms with Gasteiger partial charge in [0, 0.05) is 19.3 Å². The zero-order valence-corrected chi connectivity index (χ0v) is 12.2. The van der Waals surface area contributed by atoms with Gasteiger partial charge in [-0.25, -0.2) is 0 Å². The van der Waals surface area contributed by atoms with Gasteiger partial charge < -0.3 is 5.32 Å². The topological polar surface area (TPSA) is 61.5 Å². The van der Waals surface area contributed by atoms with Gasteiger partial charge in [-0.2, -0.15) is 10.2 Å². The van der Waals surface area contributed by atoms with E-state index in [1.165, 1.54) is 0 Å². The molecule has 18 heavy (non-hydrogen) atoms. The first-order chi connectivity index (χ1) is 8.37. The lowest BCUT2D eigenvalue weighted by Crippen LogP contribution is -2.38. The van der Waals surface area contributed by atoms with Crippen molar-refractivity contribution in [3.8, 4) is 0 Å². The Labute approximate surface area is 110 Å². The van der Waals surface area contributed by atoms with Crippen LogP contribution in [0.4, 0.5) is 0 Å². The van der Waals surface area contributed by atoms with Gasteiger partial charge in [0.05, 0.1) is 6.54 Å². The molecule has 1 N–H and O–H groups in total. The van der Waals surface area contributed by atoms with Gasteiger partial charge in [0.25, 0.3) is 0 Å². The summed E-state index contributed by atoms with van der Waals surface area (Å²) in [6, 6.07) is 0. The Bertz CT molecular complexity index is 352. The van der Waals surface area contributed by atoms with Crippen LogP contribution in [0.1, 0.15) is 41.0 Å². The molecule has 0 aromatic carbocycles. The minimum absolute atomic E-state index is 0.356. The highest BCUT2D eigenvalue weighted by Gasteiger charge is 2.27. The molecule has 5 heteroatoms. The largest absolute Gasteiger partial charge is 0.370 e. The third-order valence-corrected chi connectivity index (χ3v) is 2.57. The summed E-state index contributed by atoms with van der Waals surface area (Å²) in [5.41, 5.74) is -0.738. The number of nitrogens with zero attached hydrogens (tertiary/aromatic N) is 4. The van der Waals surface area contributed by atoms with Gasteiger partial charge in [-0.05, 0) is 34.1 Å². The minimum atomic E-state index is -0.383. The molecule has 1 heterocycles. The third kappa shape index (κ3) is 4.55. The standard InChI is InChI=1S/C13H25N5/c1-6-7-14-10-12(2,3)17-18-13(4,5)11-15-8-9-16-11/h10H,6-9H2,1-5H3,(H,15,16). The van der Waals surface area contributed by atoms with E-state index in [1.54, 1.807) is 0 Å². The molecular formula is C13H25N5. The van der Waals surface area contributed by atoms with Crippen LogP contribution in [0.25, 0.3) is 0 Å². The van der Waals surface area contributed by atoms with E-state index in [2.05, 4.69) is 32.5 Å². The molecule has 0 saturated heterocycles. The van der Waals surface area contributed by atoms with E-state index < -0.39 is 0 Å². The number of hydrogen-bond acceptors (Lipinski definition) is 5. The fourth-order valence-electron chi connectivity index (χ4n) is 1.55. The molecule has 0 atom stereocenters. The van der Waals surface area contributed by atoms with Crippen LogP contribution >= 0.6 is 0 Å². The van der Waals surface area contributed by atoms with Crippen molar-refractivity contribution < 1.29 is 0 Å². The fourth-order valence-corrected chi connectivity index (χ4v) is 1.55. The summed E-state index contributed by atoms with van der Waals surface area (Å²) in [6.07, 6.45) is 2.93. The van der Waals surface area contributed by atoms with Crippen LogP contribution in [0, 0.1) is 0 Å². The number of hydrogen-bond donors (Lipinski definition) is 1. The summed E-state index contributed by atoms with van der Waals surface area (Å²) < 4.78 is 0. The highest BCUT2D eigenvalue weighted by Crippen LogP contribution is 2.17. The number of rotatable bonds is 6. The van der Waals surface area contributed by atoms with Gasteiger partial charge in [0.2, 0.25) is 0 Å². The Hall–Kier alpha value is -1.26. The summed E-state index contributed by atoms with van der Waals surface area (Å²) in [5, 5.41) is 12.1. The lowest BCUT2D eigenvalue weighted by molar-refractivity contribution is 0.563. The molecule has 0 spiro atoms. The van der Waals surface area contributed by atoms with Crippen molar-refractivity contribution in [2.45, 2.75) is 52.1 Å². The average molecular weight is 251 g/mol. The van der Waals surface area contributed by atoms with E-state index in [9.17, 15) is 0 Å². The second-order valence-electron chi connectivity index (χ2n) is 5.61. The molecule has 0 fully saturated rings. The maximum absolute atomic E-state index is 4.43. The van der Waals surface area contributed by atoms with Crippen molar-refractivity contribution in [1.29, 1.82) is 0 Å². The second kappa shape index (κ2) is 6.07.